The van der Waals surface area contributed by atoms with Crippen molar-refractivity contribution in [2.24, 2.45) is 0 Å². The van der Waals surface area contributed by atoms with Crippen LogP contribution < -0.4 is 9.47 Å². The van der Waals surface area contributed by atoms with Gasteiger partial charge in [0.25, 0.3) is 0 Å². The molecule has 0 aliphatic carbocycles. The molecule has 0 saturated carbocycles. The van der Waals surface area contributed by atoms with Gasteiger partial charge in [0.2, 0.25) is 6.29 Å². The van der Waals surface area contributed by atoms with Gasteiger partial charge in [-0.15, -0.1) is 0 Å². The predicted molar refractivity (Wildman–Crippen MR) is 88.4 cm³/mol. The van der Waals surface area contributed by atoms with Gasteiger partial charge in [-0.25, -0.2) is 4.79 Å². The van der Waals surface area contributed by atoms with Crippen molar-refractivity contribution >= 4 is 12.0 Å². The van der Waals surface area contributed by atoms with Gasteiger partial charge >= 0.3 is 5.97 Å². The van der Waals surface area contributed by atoms with Crippen molar-refractivity contribution in [1.29, 1.82) is 0 Å². The molecule has 0 amide bonds. The van der Waals surface area contributed by atoms with Crippen molar-refractivity contribution in [1.82, 2.24) is 0 Å². The molecule has 1 unspecified atom stereocenters. The summed E-state index contributed by atoms with van der Waals surface area (Å²) in [7, 11) is 2.99. The van der Waals surface area contributed by atoms with Crippen LogP contribution in [0.5, 0.6) is 11.5 Å². The van der Waals surface area contributed by atoms with E-state index in [-0.39, 0.29) is 0 Å². The Morgan fingerprint density at radius 3 is 2.42 bits per heavy atom. The molecule has 9 heteroatoms. The number of carbonyl (C=O) groups excluding carboxylic acids is 1. The van der Waals surface area contributed by atoms with E-state index in [1.165, 1.54) is 20.3 Å². The summed E-state index contributed by atoms with van der Waals surface area (Å²) in [5.41, 5.74) is 0.633. The second-order valence-electron chi connectivity index (χ2n) is 5.58. The summed E-state index contributed by atoms with van der Waals surface area (Å²) in [6.07, 6.45) is -4.90. The van der Waals surface area contributed by atoms with E-state index in [1.807, 2.05) is 0 Å². The largest absolute Gasteiger partial charge is 0.493 e. The first-order valence-corrected chi connectivity index (χ1v) is 7.82. The van der Waals surface area contributed by atoms with Crippen molar-refractivity contribution in [2.75, 3.05) is 20.8 Å². The number of hydrogen-bond donors (Lipinski definition) is 4. The summed E-state index contributed by atoms with van der Waals surface area (Å²) in [6.45, 7) is -0.611. The summed E-state index contributed by atoms with van der Waals surface area (Å²) in [5.74, 6) is 0.176. The van der Waals surface area contributed by atoms with Crippen LogP contribution in [-0.4, -0.2) is 77.9 Å². The van der Waals surface area contributed by atoms with Gasteiger partial charge in [0.1, 0.15) is 24.4 Å². The molecular weight excluding hydrogens is 348 g/mol. The van der Waals surface area contributed by atoms with Gasteiger partial charge < -0.3 is 39.4 Å². The summed E-state index contributed by atoms with van der Waals surface area (Å²) in [4.78, 5) is 11.9. The van der Waals surface area contributed by atoms with Crippen LogP contribution >= 0.6 is 0 Å². The second-order valence-corrected chi connectivity index (χ2v) is 5.58. The monoisotopic (exact) mass is 370 g/mol. The van der Waals surface area contributed by atoms with Crippen LogP contribution in [0, 0.1) is 0 Å². The molecule has 1 fully saturated rings. The van der Waals surface area contributed by atoms with Crippen LogP contribution in [0.15, 0.2) is 24.3 Å². The highest BCUT2D eigenvalue weighted by atomic mass is 16.7. The molecule has 0 spiro atoms. The Morgan fingerprint density at radius 1 is 1.12 bits per heavy atom. The standard InChI is InChI=1S/C17H22O9/c1-23-10-5-3-9(7-11(10)24-2)4-6-13(19)26-17-16(22)15(21)14(20)12(8-18)25-17/h3-7,12,14-18,20-22H,8H2,1-2H3/t12-,14-,15+,16-,17?/m1/s1. The fourth-order valence-corrected chi connectivity index (χ4v) is 2.44. The van der Waals surface area contributed by atoms with Gasteiger partial charge in [0.15, 0.2) is 11.5 Å². The van der Waals surface area contributed by atoms with Crippen molar-refractivity contribution in [3.05, 3.63) is 29.8 Å². The van der Waals surface area contributed by atoms with Gasteiger partial charge in [-0.3, -0.25) is 0 Å². The number of ether oxygens (including phenoxy) is 4. The van der Waals surface area contributed by atoms with Crippen LogP contribution in [-0.2, 0) is 14.3 Å². The lowest BCUT2D eigenvalue weighted by Gasteiger charge is -2.38. The Morgan fingerprint density at radius 2 is 1.81 bits per heavy atom. The average Bonchev–Trinajstić information content (AvgIpc) is 2.66. The van der Waals surface area contributed by atoms with Crippen molar-refractivity contribution in [3.8, 4) is 11.5 Å². The van der Waals surface area contributed by atoms with Gasteiger partial charge in [-0.05, 0) is 23.8 Å². The molecule has 5 atom stereocenters. The first-order chi connectivity index (χ1) is 12.4. The molecule has 9 nitrogen and oxygen atoms in total. The van der Waals surface area contributed by atoms with E-state index < -0.39 is 43.3 Å². The first kappa shape index (κ1) is 20.1. The Labute approximate surface area is 150 Å². The minimum absolute atomic E-state index is 0.483. The molecule has 0 bridgehead atoms. The number of carbonyl (C=O) groups is 1. The third-order valence-corrected chi connectivity index (χ3v) is 3.90. The molecule has 1 aromatic carbocycles. The van der Waals surface area contributed by atoms with E-state index in [4.69, 9.17) is 24.1 Å². The van der Waals surface area contributed by atoms with Crippen LogP contribution in [0.4, 0.5) is 0 Å². The predicted octanol–water partition coefficient (Wildman–Crippen LogP) is -0.940. The summed E-state index contributed by atoms with van der Waals surface area (Å²) in [6, 6.07) is 5.01. The molecule has 1 heterocycles. The minimum Gasteiger partial charge on any atom is -0.493 e. The number of aliphatic hydroxyl groups excluding tert-OH is 4. The molecule has 1 aliphatic rings. The maximum atomic E-state index is 11.9. The van der Waals surface area contributed by atoms with Crippen molar-refractivity contribution in [3.63, 3.8) is 0 Å². The van der Waals surface area contributed by atoms with E-state index in [0.29, 0.717) is 17.1 Å². The number of methoxy groups -OCH3 is 2. The van der Waals surface area contributed by atoms with Gasteiger partial charge in [0, 0.05) is 6.08 Å². The highest BCUT2D eigenvalue weighted by molar-refractivity contribution is 5.87. The van der Waals surface area contributed by atoms with Crippen molar-refractivity contribution < 1.29 is 44.2 Å². The maximum Gasteiger partial charge on any atom is 0.333 e. The molecule has 144 valence electrons. The first-order valence-electron chi connectivity index (χ1n) is 7.82. The molecule has 26 heavy (non-hydrogen) atoms. The van der Waals surface area contributed by atoms with Crippen LogP contribution in [0.2, 0.25) is 0 Å². The highest BCUT2D eigenvalue weighted by Gasteiger charge is 2.45. The number of esters is 1. The lowest BCUT2D eigenvalue weighted by atomic mass is 9.99. The zero-order valence-electron chi connectivity index (χ0n) is 14.3. The van der Waals surface area contributed by atoms with Crippen LogP contribution in [0.1, 0.15) is 5.56 Å². The van der Waals surface area contributed by atoms with Gasteiger partial charge in [0.05, 0.1) is 20.8 Å². The Balaban J connectivity index is 2.02. The van der Waals surface area contributed by atoms with Crippen molar-refractivity contribution in [2.45, 2.75) is 30.7 Å². The molecule has 2 rings (SSSR count). The van der Waals surface area contributed by atoms with E-state index >= 15 is 0 Å². The zero-order chi connectivity index (χ0) is 19.3. The Kier molecular flexibility index (Phi) is 6.95. The molecule has 1 saturated heterocycles. The zero-order valence-corrected chi connectivity index (χ0v) is 14.3. The smallest absolute Gasteiger partial charge is 0.333 e. The molecule has 1 aliphatic heterocycles. The quantitative estimate of drug-likeness (QED) is 0.370. The number of hydrogen-bond acceptors (Lipinski definition) is 9. The van der Waals surface area contributed by atoms with Crippen LogP contribution in [0.3, 0.4) is 0 Å². The van der Waals surface area contributed by atoms with E-state index in [1.54, 1.807) is 18.2 Å². The third-order valence-electron chi connectivity index (χ3n) is 3.90. The van der Waals surface area contributed by atoms with E-state index in [9.17, 15) is 20.1 Å². The highest BCUT2D eigenvalue weighted by Crippen LogP contribution is 2.28. The fraction of sp³-hybridized carbons (Fsp3) is 0.471. The molecule has 0 aromatic heterocycles. The van der Waals surface area contributed by atoms with Gasteiger partial charge in [-0.1, -0.05) is 6.07 Å². The van der Waals surface area contributed by atoms with E-state index in [0.717, 1.165) is 6.08 Å². The Hall–Kier alpha value is -2.17. The molecule has 0 radical (unpaired) electrons. The normalized spacial score (nSPS) is 28.8. The number of benzene rings is 1. The fourth-order valence-electron chi connectivity index (χ4n) is 2.44. The average molecular weight is 370 g/mol. The number of aliphatic hydroxyl groups is 4. The topological polar surface area (TPSA) is 135 Å². The lowest BCUT2D eigenvalue weighted by molar-refractivity contribution is -0.291. The number of rotatable bonds is 6. The van der Waals surface area contributed by atoms with E-state index in [2.05, 4.69) is 0 Å². The summed E-state index contributed by atoms with van der Waals surface area (Å²) >= 11 is 0. The van der Waals surface area contributed by atoms with Crippen LogP contribution in [0.25, 0.3) is 6.08 Å². The third kappa shape index (κ3) is 4.51. The molecular formula is C17H22O9. The molecule has 4 N–H and O–H groups in total. The maximum absolute atomic E-state index is 11.9. The summed E-state index contributed by atoms with van der Waals surface area (Å²) in [5, 5.41) is 38.3. The minimum atomic E-state index is -1.65. The SMILES string of the molecule is COc1ccc(C=CC(=O)OC2O[C@H](CO)[C@@H](O)[C@H](O)[C@H]2O)cc1OC. The summed E-state index contributed by atoms with van der Waals surface area (Å²) < 4.78 is 20.3. The molecule has 1 aromatic rings. The Bertz CT molecular complexity index is 643. The lowest BCUT2D eigenvalue weighted by Crippen LogP contribution is -2.59. The second kappa shape index (κ2) is 8.97. The van der Waals surface area contributed by atoms with Gasteiger partial charge in [-0.2, -0.15) is 0 Å².